The number of aromatic hydroxyl groups is 1. The van der Waals surface area contributed by atoms with Crippen molar-refractivity contribution in [3.63, 3.8) is 0 Å². The second-order valence-electron chi connectivity index (χ2n) is 4.37. The van der Waals surface area contributed by atoms with Gasteiger partial charge in [0, 0.05) is 12.2 Å². The highest BCUT2D eigenvalue weighted by atomic mass is 16.6. The van der Waals surface area contributed by atoms with Gasteiger partial charge in [0.1, 0.15) is 12.4 Å². The van der Waals surface area contributed by atoms with Crippen LogP contribution in [0.5, 0.6) is 5.75 Å². The van der Waals surface area contributed by atoms with E-state index >= 15 is 0 Å². The zero-order valence-electron chi connectivity index (χ0n) is 10.9. The molecule has 0 saturated carbocycles. The lowest BCUT2D eigenvalue weighted by Crippen LogP contribution is -2.20. The maximum atomic E-state index is 11.5. The standard InChI is InChI=1S/C15H14O5/c1-10-8-15(18)20-13(10)9-19-14(17)7-4-11-2-5-12(16)6-3-11/h2-8,13,16H,9H2,1H3/b7-4+/t13-/m0/s1. The zero-order chi connectivity index (χ0) is 14.5. The number of ether oxygens (including phenoxy) is 2. The fourth-order valence-electron chi connectivity index (χ4n) is 1.67. The molecule has 1 aliphatic rings. The summed E-state index contributed by atoms with van der Waals surface area (Å²) in [7, 11) is 0. The number of phenolic OH excluding ortho intramolecular Hbond substituents is 1. The van der Waals surface area contributed by atoms with Gasteiger partial charge < -0.3 is 14.6 Å². The molecule has 1 N–H and O–H groups in total. The second-order valence-corrected chi connectivity index (χ2v) is 4.37. The Labute approximate surface area is 116 Å². The molecule has 1 aliphatic heterocycles. The quantitative estimate of drug-likeness (QED) is 0.669. The van der Waals surface area contributed by atoms with Crippen molar-refractivity contribution in [3.05, 3.63) is 47.6 Å². The molecule has 0 unspecified atom stereocenters. The Hall–Kier alpha value is -2.56. The lowest BCUT2D eigenvalue weighted by Gasteiger charge is -2.10. The maximum absolute atomic E-state index is 11.5. The number of phenols is 1. The van der Waals surface area contributed by atoms with Crippen LogP contribution in [-0.2, 0) is 19.1 Å². The maximum Gasteiger partial charge on any atom is 0.331 e. The minimum atomic E-state index is -0.520. The Morgan fingerprint density at radius 3 is 2.70 bits per heavy atom. The Bertz CT molecular complexity index is 568. The van der Waals surface area contributed by atoms with E-state index in [4.69, 9.17) is 14.6 Å². The summed E-state index contributed by atoms with van der Waals surface area (Å²) < 4.78 is 9.94. The van der Waals surface area contributed by atoms with Crippen LogP contribution < -0.4 is 0 Å². The number of carbonyl (C=O) groups excluding carboxylic acids is 2. The number of esters is 2. The molecular formula is C15H14O5. The molecule has 2 rings (SSSR count). The minimum absolute atomic E-state index is 0.00677. The summed E-state index contributed by atoms with van der Waals surface area (Å²) in [4.78, 5) is 22.5. The van der Waals surface area contributed by atoms with Crippen molar-refractivity contribution in [2.75, 3.05) is 6.61 Å². The average molecular weight is 274 g/mol. The fourth-order valence-corrected chi connectivity index (χ4v) is 1.67. The summed E-state index contributed by atoms with van der Waals surface area (Å²) >= 11 is 0. The van der Waals surface area contributed by atoms with Crippen molar-refractivity contribution < 1.29 is 24.2 Å². The highest BCUT2D eigenvalue weighted by Crippen LogP contribution is 2.15. The normalized spacial score (nSPS) is 17.9. The Morgan fingerprint density at radius 2 is 2.10 bits per heavy atom. The average Bonchev–Trinajstić information content (AvgIpc) is 2.74. The Morgan fingerprint density at radius 1 is 1.40 bits per heavy atom. The number of rotatable bonds is 4. The molecule has 0 saturated heterocycles. The van der Waals surface area contributed by atoms with Crippen LogP contribution in [0, 0.1) is 0 Å². The third-order valence-corrected chi connectivity index (χ3v) is 2.79. The molecule has 0 radical (unpaired) electrons. The van der Waals surface area contributed by atoms with E-state index in [1.54, 1.807) is 25.1 Å². The largest absolute Gasteiger partial charge is 0.508 e. The molecule has 0 aliphatic carbocycles. The first-order chi connectivity index (χ1) is 9.54. The van der Waals surface area contributed by atoms with Gasteiger partial charge in [-0.1, -0.05) is 12.1 Å². The van der Waals surface area contributed by atoms with Gasteiger partial charge in [-0.2, -0.15) is 0 Å². The van der Waals surface area contributed by atoms with Crippen LogP contribution in [-0.4, -0.2) is 29.8 Å². The molecule has 1 atom stereocenters. The van der Waals surface area contributed by atoms with Gasteiger partial charge in [0.15, 0.2) is 6.10 Å². The molecule has 0 amide bonds. The minimum Gasteiger partial charge on any atom is -0.508 e. The third-order valence-electron chi connectivity index (χ3n) is 2.79. The van der Waals surface area contributed by atoms with Crippen LogP contribution in [0.2, 0.25) is 0 Å². The molecule has 5 nitrogen and oxygen atoms in total. The summed E-state index contributed by atoms with van der Waals surface area (Å²) in [6.45, 7) is 1.75. The van der Waals surface area contributed by atoms with Gasteiger partial charge in [-0.3, -0.25) is 0 Å². The van der Waals surface area contributed by atoms with Gasteiger partial charge in [-0.25, -0.2) is 9.59 Å². The number of cyclic esters (lactones) is 1. The molecule has 1 heterocycles. The number of carbonyl (C=O) groups is 2. The SMILES string of the molecule is CC1=CC(=O)O[C@H]1COC(=O)/C=C/c1ccc(O)cc1. The number of benzene rings is 1. The van der Waals surface area contributed by atoms with Crippen molar-refractivity contribution >= 4 is 18.0 Å². The molecule has 1 aromatic carbocycles. The summed E-state index contributed by atoms with van der Waals surface area (Å²) in [6.07, 6.45) is 3.74. The first-order valence-corrected chi connectivity index (χ1v) is 6.07. The van der Waals surface area contributed by atoms with Crippen LogP contribution in [0.15, 0.2) is 42.0 Å². The van der Waals surface area contributed by atoms with E-state index in [0.717, 1.165) is 11.1 Å². The molecule has 1 aromatic rings. The topological polar surface area (TPSA) is 72.8 Å². The fraction of sp³-hybridized carbons (Fsp3) is 0.200. The van der Waals surface area contributed by atoms with Crippen LogP contribution in [0.25, 0.3) is 6.08 Å². The monoisotopic (exact) mass is 274 g/mol. The van der Waals surface area contributed by atoms with Crippen molar-refractivity contribution in [2.45, 2.75) is 13.0 Å². The van der Waals surface area contributed by atoms with Gasteiger partial charge >= 0.3 is 11.9 Å². The van der Waals surface area contributed by atoms with Gasteiger partial charge in [0.25, 0.3) is 0 Å². The molecule has 20 heavy (non-hydrogen) atoms. The summed E-state index contributed by atoms with van der Waals surface area (Å²) in [5.74, 6) is -0.771. The summed E-state index contributed by atoms with van der Waals surface area (Å²) in [5, 5.41) is 9.12. The van der Waals surface area contributed by atoms with E-state index in [0.29, 0.717) is 0 Å². The molecule has 0 bridgehead atoms. The zero-order valence-corrected chi connectivity index (χ0v) is 10.9. The molecule has 0 aromatic heterocycles. The second kappa shape index (κ2) is 6.06. The van der Waals surface area contributed by atoms with Gasteiger partial charge in [0.2, 0.25) is 0 Å². The van der Waals surface area contributed by atoms with Crippen LogP contribution >= 0.6 is 0 Å². The molecule has 0 fully saturated rings. The lowest BCUT2D eigenvalue weighted by atomic mass is 10.2. The van der Waals surface area contributed by atoms with Crippen molar-refractivity contribution in [3.8, 4) is 5.75 Å². The van der Waals surface area contributed by atoms with E-state index in [9.17, 15) is 9.59 Å². The van der Waals surface area contributed by atoms with E-state index in [1.165, 1.54) is 24.3 Å². The van der Waals surface area contributed by atoms with Gasteiger partial charge in [0.05, 0.1) is 0 Å². The highest BCUT2D eigenvalue weighted by molar-refractivity contribution is 5.87. The van der Waals surface area contributed by atoms with Gasteiger partial charge in [-0.15, -0.1) is 0 Å². The third kappa shape index (κ3) is 3.71. The van der Waals surface area contributed by atoms with Gasteiger partial charge in [-0.05, 0) is 36.3 Å². The predicted molar refractivity (Wildman–Crippen MR) is 71.7 cm³/mol. The number of hydrogen-bond donors (Lipinski definition) is 1. The molecule has 104 valence electrons. The van der Waals surface area contributed by atoms with Crippen LogP contribution in [0.4, 0.5) is 0 Å². The molecule has 5 heteroatoms. The van der Waals surface area contributed by atoms with E-state index in [-0.39, 0.29) is 12.4 Å². The molecular weight excluding hydrogens is 260 g/mol. The summed E-state index contributed by atoms with van der Waals surface area (Å²) in [5.41, 5.74) is 1.51. The van der Waals surface area contributed by atoms with Crippen LogP contribution in [0.3, 0.4) is 0 Å². The predicted octanol–water partition coefficient (Wildman–Crippen LogP) is 1.82. The van der Waals surface area contributed by atoms with Crippen molar-refractivity contribution in [1.29, 1.82) is 0 Å². The first-order valence-electron chi connectivity index (χ1n) is 6.07. The smallest absolute Gasteiger partial charge is 0.331 e. The van der Waals surface area contributed by atoms with Crippen molar-refractivity contribution in [2.24, 2.45) is 0 Å². The number of hydrogen-bond acceptors (Lipinski definition) is 5. The Kier molecular flexibility index (Phi) is 4.20. The first kappa shape index (κ1) is 13.9. The Balaban J connectivity index is 1.82. The lowest BCUT2D eigenvalue weighted by molar-refractivity contribution is -0.148. The highest BCUT2D eigenvalue weighted by Gasteiger charge is 2.23. The summed E-state index contributed by atoms with van der Waals surface area (Å²) in [6, 6.07) is 6.39. The van der Waals surface area contributed by atoms with E-state index in [1.807, 2.05) is 0 Å². The van der Waals surface area contributed by atoms with E-state index < -0.39 is 18.0 Å². The molecule has 0 spiro atoms. The van der Waals surface area contributed by atoms with Crippen molar-refractivity contribution in [1.82, 2.24) is 0 Å². The van der Waals surface area contributed by atoms with E-state index in [2.05, 4.69) is 0 Å². The van der Waals surface area contributed by atoms with Crippen LogP contribution in [0.1, 0.15) is 12.5 Å².